The fourth-order valence-electron chi connectivity index (χ4n) is 1.93. The van der Waals surface area contributed by atoms with Crippen molar-refractivity contribution < 1.29 is 0 Å². The molecule has 1 aromatic heterocycles. The van der Waals surface area contributed by atoms with Gasteiger partial charge in [0.2, 0.25) is 0 Å². The first kappa shape index (κ1) is 10.9. The summed E-state index contributed by atoms with van der Waals surface area (Å²) in [6, 6.07) is 3.95. The average molecular weight is 226 g/mol. The predicted molar refractivity (Wildman–Crippen MR) is 61.3 cm³/mol. The van der Waals surface area contributed by atoms with E-state index in [0.29, 0.717) is 5.02 Å². The molecule has 2 rings (SSSR count). The van der Waals surface area contributed by atoms with Gasteiger partial charge in [0.1, 0.15) is 0 Å². The van der Waals surface area contributed by atoms with E-state index in [0.717, 1.165) is 18.0 Å². The molecule has 1 aromatic rings. The van der Waals surface area contributed by atoms with Gasteiger partial charge in [-0.05, 0) is 24.5 Å². The maximum atomic E-state index is 5.79. The lowest BCUT2D eigenvalue weighted by Crippen LogP contribution is -2.31. The van der Waals surface area contributed by atoms with E-state index in [1.807, 2.05) is 12.1 Å². The predicted octanol–water partition coefficient (Wildman–Crippen LogP) is 2.43. The lowest BCUT2D eigenvalue weighted by atomic mass is 9.80. The zero-order valence-corrected chi connectivity index (χ0v) is 9.37. The number of hydrazine groups is 1. The van der Waals surface area contributed by atoms with Gasteiger partial charge < -0.3 is 0 Å². The highest BCUT2D eigenvalue weighted by molar-refractivity contribution is 6.30. The minimum atomic E-state index is 0.160. The van der Waals surface area contributed by atoms with Crippen molar-refractivity contribution in [1.29, 1.82) is 0 Å². The van der Waals surface area contributed by atoms with Crippen LogP contribution in [0.4, 0.5) is 0 Å². The van der Waals surface area contributed by atoms with Crippen molar-refractivity contribution in [2.24, 2.45) is 11.8 Å². The van der Waals surface area contributed by atoms with Crippen molar-refractivity contribution in [2.75, 3.05) is 0 Å². The Hall–Kier alpha value is -0.640. The number of nitrogens with two attached hydrogens (primary N) is 1. The molecule has 4 heteroatoms. The first-order chi connectivity index (χ1) is 7.29. The Kier molecular flexibility index (Phi) is 3.57. The average Bonchev–Trinajstić information content (AvgIpc) is 2.19. The summed E-state index contributed by atoms with van der Waals surface area (Å²) >= 11 is 5.79. The van der Waals surface area contributed by atoms with E-state index in [4.69, 9.17) is 17.4 Å². The van der Waals surface area contributed by atoms with Crippen molar-refractivity contribution in [3.63, 3.8) is 0 Å². The number of rotatable bonds is 4. The van der Waals surface area contributed by atoms with Crippen LogP contribution < -0.4 is 11.3 Å². The van der Waals surface area contributed by atoms with Crippen LogP contribution >= 0.6 is 11.6 Å². The van der Waals surface area contributed by atoms with Crippen LogP contribution in [0.2, 0.25) is 5.02 Å². The highest BCUT2D eigenvalue weighted by Crippen LogP contribution is 2.34. The Morgan fingerprint density at radius 2 is 2.33 bits per heavy atom. The largest absolute Gasteiger partial charge is 0.271 e. The van der Waals surface area contributed by atoms with E-state index in [2.05, 4.69) is 10.4 Å². The van der Waals surface area contributed by atoms with Gasteiger partial charge in [0, 0.05) is 6.20 Å². The van der Waals surface area contributed by atoms with E-state index in [-0.39, 0.29) is 6.04 Å². The Morgan fingerprint density at radius 3 is 2.80 bits per heavy atom. The molecule has 1 atom stereocenters. The molecule has 0 amide bonds. The van der Waals surface area contributed by atoms with Crippen LogP contribution in [0.15, 0.2) is 18.3 Å². The van der Waals surface area contributed by atoms with E-state index < -0.39 is 0 Å². The first-order valence-electron chi connectivity index (χ1n) is 5.37. The van der Waals surface area contributed by atoms with E-state index in [1.54, 1.807) is 6.20 Å². The summed E-state index contributed by atoms with van der Waals surface area (Å²) in [5.74, 6) is 6.36. The van der Waals surface area contributed by atoms with E-state index in [9.17, 15) is 0 Å². The Labute approximate surface area is 95.0 Å². The van der Waals surface area contributed by atoms with Crippen LogP contribution in [0.5, 0.6) is 0 Å². The monoisotopic (exact) mass is 225 g/mol. The SMILES string of the molecule is NNC(CC1CCC1)c1ccc(Cl)cn1. The molecule has 1 aliphatic carbocycles. The minimum Gasteiger partial charge on any atom is -0.271 e. The smallest absolute Gasteiger partial charge is 0.0634 e. The molecule has 1 unspecified atom stereocenters. The van der Waals surface area contributed by atoms with Gasteiger partial charge in [0.05, 0.1) is 16.8 Å². The van der Waals surface area contributed by atoms with Gasteiger partial charge in [-0.15, -0.1) is 0 Å². The number of hydrogen-bond donors (Lipinski definition) is 2. The van der Waals surface area contributed by atoms with Crippen LogP contribution in [-0.4, -0.2) is 4.98 Å². The quantitative estimate of drug-likeness (QED) is 0.611. The second kappa shape index (κ2) is 4.92. The number of aromatic nitrogens is 1. The highest BCUT2D eigenvalue weighted by atomic mass is 35.5. The van der Waals surface area contributed by atoms with Gasteiger partial charge in [-0.2, -0.15) is 0 Å². The number of nitrogens with one attached hydrogen (secondary N) is 1. The summed E-state index contributed by atoms with van der Waals surface area (Å²) in [6.07, 6.45) is 6.75. The lowest BCUT2D eigenvalue weighted by molar-refractivity contribution is 0.260. The van der Waals surface area contributed by atoms with Crippen molar-refractivity contribution in [3.05, 3.63) is 29.0 Å². The molecule has 15 heavy (non-hydrogen) atoms. The summed E-state index contributed by atoms with van der Waals surface area (Å²) in [5.41, 5.74) is 3.81. The van der Waals surface area contributed by atoms with Crippen molar-refractivity contribution >= 4 is 11.6 Å². The van der Waals surface area contributed by atoms with Gasteiger partial charge >= 0.3 is 0 Å². The van der Waals surface area contributed by atoms with Crippen LogP contribution in [0.3, 0.4) is 0 Å². The molecule has 0 radical (unpaired) electrons. The van der Waals surface area contributed by atoms with E-state index >= 15 is 0 Å². The van der Waals surface area contributed by atoms with Crippen LogP contribution in [-0.2, 0) is 0 Å². The normalized spacial score (nSPS) is 18.5. The van der Waals surface area contributed by atoms with Crippen LogP contribution in [0.1, 0.15) is 37.4 Å². The second-order valence-corrected chi connectivity index (χ2v) is 4.59. The summed E-state index contributed by atoms with van der Waals surface area (Å²) < 4.78 is 0. The molecule has 3 nitrogen and oxygen atoms in total. The zero-order valence-electron chi connectivity index (χ0n) is 8.62. The molecule has 1 heterocycles. The molecular weight excluding hydrogens is 210 g/mol. The van der Waals surface area contributed by atoms with Crippen LogP contribution in [0.25, 0.3) is 0 Å². The summed E-state index contributed by atoms with van der Waals surface area (Å²) in [7, 11) is 0. The maximum Gasteiger partial charge on any atom is 0.0634 e. The third kappa shape index (κ3) is 2.68. The van der Waals surface area contributed by atoms with Gasteiger partial charge in [-0.1, -0.05) is 30.9 Å². The molecule has 0 spiro atoms. The molecule has 1 saturated carbocycles. The fourth-order valence-corrected chi connectivity index (χ4v) is 2.04. The lowest BCUT2D eigenvalue weighted by Gasteiger charge is -2.29. The molecule has 1 fully saturated rings. The molecule has 1 aliphatic rings. The Balaban J connectivity index is 2.01. The summed E-state index contributed by atoms with van der Waals surface area (Å²) in [5, 5.41) is 0.665. The highest BCUT2D eigenvalue weighted by Gasteiger charge is 2.22. The van der Waals surface area contributed by atoms with Crippen LogP contribution in [0, 0.1) is 5.92 Å². The Bertz CT molecular complexity index is 308. The van der Waals surface area contributed by atoms with Gasteiger partial charge in [-0.25, -0.2) is 0 Å². The van der Waals surface area contributed by atoms with Crippen molar-refractivity contribution in [3.8, 4) is 0 Å². The topological polar surface area (TPSA) is 50.9 Å². The van der Waals surface area contributed by atoms with Crippen molar-refractivity contribution in [2.45, 2.75) is 31.7 Å². The number of pyridine rings is 1. The molecule has 82 valence electrons. The molecule has 0 bridgehead atoms. The minimum absolute atomic E-state index is 0.160. The summed E-state index contributed by atoms with van der Waals surface area (Å²) in [4.78, 5) is 4.29. The third-order valence-corrected chi connectivity index (χ3v) is 3.33. The Morgan fingerprint density at radius 1 is 1.53 bits per heavy atom. The molecular formula is C11H16ClN3. The molecule has 0 aromatic carbocycles. The summed E-state index contributed by atoms with van der Waals surface area (Å²) in [6.45, 7) is 0. The third-order valence-electron chi connectivity index (χ3n) is 3.10. The van der Waals surface area contributed by atoms with E-state index in [1.165, 1.54) is 19.3 Å². The van der Waals surface area contributed by atoms with Crippen molar-refractivity contribution in [1.82, 2.24) is 10.4 Å². The molecule has 3 N–H and O–H groups in total. The molecule has 0 aliphatic heterocycles. The number of halogens is 1. The zero-order chi connectivity index (χ0) is 10.7. The molecule has 0 saturated heterocycles. The van der Waals surface area contributed by atoms with Gasteiger partial charge in [0.15, 0.2) is 0 Å². The fraction of sp³-hybridized carbons (Fsp3) is 0.545. The first-order valence-corrected chi connectivity index (χ1v) is 5.75. The maximum absolute atomic E-state index is 5.79. The number of hydrogen-bond acceptors (Lipinski definition) is 3. The second-order valence-electron chi connectivity index (χ2n) is 4.15. The van der Waals surface area contributed by atoms with Gasteiger partial charge in [0.25, 0.3) is 0 Å². The van der Waals surface area contributed by atoms with Gasteiger partial charge in [-0.3, -0.25) is 16.3 Å². The standard InChI is InChI=1S/C11H16ClN3/c12-9-4-5-10(14-7-9)11(15-13)6-8-2-1-3-8/h4-5,7-8,11,15H,1-3,6,13H2. The number of nitrogens with zero attached hydrogens (tertiary/aromatic N) is 1.